The zero-order chi connectivity index (χ0) is 14.9. The van der Waals surface area contributed by atoms with Crippen LogP contribution in [0.2, 0.25) is 0 Å². The number of benzene rings is 1. The maximum absolute atomic E-state index is 10.9. The lowest BCUT2D eigenvalue weighted by Crippen LogP contribution is -2.32. The first kappa shape index (κ1) is 15.2. The fourth-order valence-corrected chi connectivity index (χ4v) is 3.24. The van der Waals surface area contributed by atoms with Gasteiger partial charge in [0.2, 0.25) is 0 Å². The average molecular weight is 345 g/mol. The van der Waals surface area contributed by atoms with Gasteiger partial charge in [0, 0.05) is 16.1 Å². The lowest BCUT2D eigenvalue weighted by atomic mass is 9.90. The number of rotatable bonds is 4. The predicted octanol–water partition coefficient (Wildman–Crippen LogP) is 2.61. The number of aromatic hydroxyl groups is 1. The Bertz CT molecular complexity index is 517. The van der Waals surface area contributed by atoms with E-state index in [0.717, 1.165) is 25.7 Å². The molecule has 0 spiro atoms. The Kier molecular flexibility index (Phi) is 4.62. The summed E-state index contributed by atoms with van der Waals surface area (Å²) >= 11 is 3.16. The van der Waals surface area contributed by atoms with E-state index in [1.807, 2.05) is 0 Å². The average Bonchev–Trinajstić information content (AvgIpc) is 2.93. The molecular weight excluding hydrogens is 328 g/mol. The zero-order valence-electron chi connectivity index (χ0n) is 10.8. The normalized spacial score (nSPS) is 18.9. The standard InChI is InChI=1S/C13H17BrN2O4/c14-8-5-9(13(18)10(6-8)16(19)20)11(15)12(17)7-3-1-2-4-7/h5-7,11-12,17-18H,1-4,15H2/t11-,12+/m1/s1. The van der Waals surface area contributed by atoms with Crippen molar-refractivity contribution in [2.45, 2.75) is 37.8 Å². The number of nitrogens with two attached hydrogens (primary N) is 1. The Morgan fingerprint density at radius 3 is 2.55 bits per heavy atom. The van der Waals surface area contributed by atoms with E-state index in [1.165, 1.54) is 12.1 Å². The number of hydrogen-bond donors (Lipinski definition) is 3. The predicted molar refractivity (Wildman–Crippen MR) is 77.4 cm³/mol. The number of nitrogens with zero attached hydrogens (tertiary/aromatic N) is 1. The first-order chi connectivity index (χ1) is 9.41. The van der Waals surface area contributed by atoms with Crippen molar-refractivity contribution in [2.75, 3.05) is 0 Å². The summed E-state index contributed by atoms with van der Waals surface area (Å²) in [5.74, 6) is -0.384. The van der Waals surface area contributed by atoms with Gasteiger partial charge in [0.1, 0.15) is 0 Å². The summed E-state index contributed by atoms with van der Waals surface area (Å²) < 4.78 is 0.450. The van der Waals surface area contributed by atoms with E-state index in [-0.39, 0.29) is 11.5 Å². The number of aliphatic hydroxyl groups is 1. The van der Waals surface area contributed by atoms with Crippen molar-refractivity contribution in [3.05, 3.63) is 32.3 Å². The number of nitro groups is 1. The molecule has 0 bridgehead atoms. The first-order valence-electron chi connectivity index (χ1n) is 6.52. The number of nitro benzene ring substituents is 1. The van der Waals surface area contributed by atoms with Gasteiger partial charge in [-0.05, 0) is 24.8 Å². The summed E-state index contributed by atoms with van der Waals surface area (Å²) in [6.45, 7) is 0. The molecule has 0 amide bonds. The second-order valence-corrected chi connectivity index (χ2v) is 6.10. The van der Waals surface area contributed by atoms with Crippen LogP contribution in [-0.4, -0.2) is 21.2 Å². The highest BCUT2D eigenvalue weighted by Gasteiger charge is 2.32. The van der Waals surface area contributed by atoms with E-state index in [1.54, 1.807) is 0 Å². The van der Waals surface area contributed by atoms with Crippen LogP contribution in [0.3, 0.4) is 0 Å². The van der Waals surface area contributed by atoms with E-state index in [0.29, 0.717) is 4.47 Å². The van der Waals surface area contributed by atoms with Crippen LogP contribution < -0.4 is 5.73 Å². The Morgan fingerprint density at radius 2 is 2.00 bits per heavy atom. The van der Waals surface area contributed by atoms with Crippen LogP contribution in [0.4, 0.5) is 5.69 Å². The first-order valence-corrected chi connectivity index (χ1v) is 7.31. The molecule has 1 saturated carbocycles. The van der Waals surface area contributed by atoms with E-state index in [2.05, 4.69) is 15.9 Å². The fourth-order valence-electron chi connectivity index (χ4n) is 2.77. The Hall–Kier alpha value is -1.18. The topological polar surface area (TPSA) is 110 Å². The largest absolute Gasteiger partial charge is 0.502 e. The molecule has 4 N–H and O–H groups in total. The SMILES string of the molecule is N[C@H](c1cc(Br)cc([N+](=O)[O-])c1O)[C@@H](O)C1CCCC1. The lowest BCUT2D eigenvalue weighted by molar-refractivity contribution is -0.386. The van der Waals surface area contributed by atoms with Crippen LogP contribution in [0.25, 0.3) is 0 Å². The van der Waals surface area contributed by atoms with Crippen molar-refractivity contribution >= 4 is 21.6 Å². The van der Waals surface area contributed by atoms with Crippen molar-refractivity contribution < 1.29 is 15.1 Å². The molecule has 1 aliphatic carbocycles. The highest BCUT2D eigenvalue weighted by Crippen LogP contribution is 2.40. The molecule has 0 heterocycles. The molecule has 1 aromatic carbocycles. The smallest absolute Gasteiger partial charge is 0.312 e. The number of phenols is 1. The Balaban J connectivity index is 2.33. The third-order valence-electron chi connectivity index (χ3n) is 3.89. The highest BCUT2D eigenvalue weighted by atomic mass is 79.9. The molecule has 0 radical (unpaired) electrons. The second-order valence-electron chi connectivity index (χ2n) is 5.18. The number of phenolic OH excluding ortho intramolecular Hbond substituents is 1. The van der Waals surface area contributed by atoms with Crippen molar-refractivity contribution in [3.8, 4) is 5.75 Å². The monoisotopic (exact) mass is 344 g/mol. The molecule has 0 aliphatic heterocycles. The van der Waals surface area contributed by atoms with Crippen LogP contribution >= 0.6 is 15.9 Å². The number of halogens is 1. The minimum Gasteiger partial charge on any atom is -0.502 e. The molecule has 1 aliphatic rings. The minimum atomic E-state index is -0.839. The van der Waals surface area contributed by atoms with Gasteiger partial charge in [0.05, 0.1) is 17.1 Å². The molecule has 20 heavy (non-hydrogen) atoms. The zero-order valence-corrected chi connectivity index (χ0v) is 12.4. The van der Waals surface area contributed by atoms with Crippen LogP contribution in [0.5, 0.6) is 5.75 Å². The van der Waals surface area contributed by atoms with Crippen LogP contribution in [-0.2, 0) is 0 Å². The molecule has 0 aromatic heterocycles. The van der Waals surface area contributed by atoms with Gasteiger partial charge in [-0.1, -0.05) is 28.8 Å². The molecule has 1 aromatic rings. The van der Waals surface area contributed by atoms with Gasteiger partial charge < -0.3 is 15.9 Å². The molecule has 2 atom stereocenters. The highest BCUT2D eigenvalue weighted by molar-refractivity contribution is 9.10. The van der Waals surface area contributed by atoms with Crippen LogP contribution in [0, 0.1) is 16.0 Å². The Morgan fingerprint density at radius 1 is 1.40 bits per heavy atom. The Labute approximate surface area is 124 Å². The summed E-state index contributed by atoms with van der Waals surface area (Å²) in [5.41, 5.74) is 5.79. The van der Waals surface area contributed by atoms with Crippen LogP contribution in [0.15, 0.2) is 16.6 Å². The number of hydrogen-bond acceptors (Lipinski definition) is 5. The van der Waals surface area contributed by atoms with E-state index < -0.39 is 28.5 Å². The van der Waals surface area contributed by atoms with E-state index in [4.69, 9.17) is 5.73 Å². The van der Waals surface area contributed by atoms with Gasteiger partial charge in [0.25, 0.3) is 0 Å². The third-order valence-corrected chi connectivity index (χ3v) is 4.35. The molecule has 1 fully saturated rings. The molecular formula is C13H17BrN2O4. The van der Waals surface area contributed by atoms with Gasteiger partial charge in [0.15, 0.2) is 5.75 Å². The summed E-state index contributed by atoms with van der Waals surface area (Å²) in [4.78, 5) is 10.2. The molecule has 7 heteroatoms. The summed E-state index contributed by atoms with van der Waals surface area (Å²) in [7, 11) is 0. The minimum absolute atomic E-state index is 0.0856. The van der Waals surface area contributed by atoms with Crippen molar-refractivity contribution in [2.24, 2.45) is 11.7 Å². The quantitative estimate of drug-likeness (QED) is 0.574. The summed E-state index contributed by atoms with van der Waals surface area (Å²) in [6, 6.07) is 1.90. The van der Waals surface area contributed by atoms with E-state index in [9.17, 15) is 20.3 Å². The molecule has 110 valence electrons. The van der Waals surface area contributed by atoms with Gasteiger partial charge in [-0.2, -0.15) is 0 Å². The summed E-state index contributed by atoms with van der Waals surface area (Å²) in [5, 5.41) is 31.2. The second kappa shape index (κ2) is 6.07. The lowest BCUT2D eigenvalue weighted by Gasteiger charge is -2.25. The summed E-state index contributed by atoms with van der Waals surface area (Å²) in [6.07, 6.45) is 3.09. The van der Waals surface area contributed by atoms with Crippen molar-refractivity contribution in [1.82, 2.24) is 0 Å². The van der Waals surface area contributed by atoms with Gasteiger partial charge in [-0.15, -0.1) is 0 Å². The molecule has 0 saturated heterocycles. The molecule has 0 unspecified atom stereocenters. The van der Waals surface area contributed by atoms with Gasteiger partial charge in [-0.3, -0.25) is 10.1 Å². The fraction of sp³-hybridized carbons (Fsp3) is 0.538. The maximum Gasteiger partial charge on any atom is 0.312 e. The molecule has 6 nitrogen and oxygen atoms in total. The van der Waals surface area contributed by atoms with Crippen molar-refractivity contribution in [3.63, 3.8) is 0 Å². The van der Waals surface area contributed by atoms with Crippen molar-refractivity contribution in [1.29, 1.82) is 0 Å². The number of aliphatic hydroxyl groups excluding tert-OH is 1. The molecule has 2 rings (SSSR count). The maximum atomic E-state index is 10.9. The third kappa shape index (κ3) is 2.94. The van der Waals surface area contributed by atoms with Gasteiger partial charge in [-0.25, -0.2) is 0 Å². The van der Waals surface area contributed by atoms with E-state index >= 15 is 0 Å². The van der Waals surface area contributed by atoms with Gasteiger partial charge >= 0.3 is 5.69 Å². The van der Waals surface area contributed by atoms with Crippen LogP contribution in [0.1, 0.15) is 37.3 Å².